The van der Waals surface area contributed by atoms with Crippen LogP contribution in [0.2, 0.25) is 0 Å². The van der Waals surface area contributed by atoms with Gasteiger partial charge in [-0.2, -0.15) is 0 Å². The minimum absolute atomic E-state index is 0.0852. The number of hydrogen-bond acceptors (Lipinski definition) is 5. The van der Waals surface area contributed by atoms with Crippen molar-refractivity contribution in [3.63, 3.8) is 0 Å². The number of nitrogens with zero attached hydrogens (tertiary/aromatic N) is 1. The third kappa shape index (κ3) is 3.91. The number of benzene rings is 2. The molecule has 0 radical (unpaired) electrons. The number of hydrogen-bond donors (Lipinski definition) is 2. The average Bonchev–Trinajstić information content (AvgIpc) is 2.54. The second-order valence-corrected chi connectivity index (χ2v) is 5.24. The van der Waals surface area contributed by atoms with Crippen molar-refractivity contribution in [2.24, 2.45) is 0 Å². The molecule has 0 aliphatic heterocycles. The normalized spacial score (nSPS) is 11.2. The van der Waals surface area contributed by atoms with Crippen molar-refractivity contribution in [2.75, 3.05) is 6.61 Å². The number of fused-ring (bicyclic) bond motifs is 1. The van der Waals surface area contributed by atoms with Crippen LogP contribution in [0.1, 0.15) is 30.4 Å². The number of rotatable bonds is 7. The molecule has 2 rings (SSSR count). The zero-order valence-electron chi connectivity index (χ0n) is 12.9. The number of phenols is 2. The van der Waals surface area contributed by atoms with E-state index in [1.807, 2.05) is 12.1 Å². The van der Waals surface area contributed by atoms with Gasteiger partial charge < -0.3 is 15.1 Å². The van der Waals surface area contributed by atoms with Crippen LogP contribution in [-0.4, -0.2) is 21.9 Å². The maximum Gasteiger partial charge on any atom is 0.294 e. The minimum atomic E-state index is -0.797. The SMILES string of the molecule is Cc1c(/C=C/CCCCO[N+](=O)[O-])c(O)c2ccccc2c1O. The first kappa shape index (κ1) is 16.6. The summed E-state index contributed by atoms with van der Waals surface area (Å²) in [5.41, 5.74) is 1.21. The van der Waals surface area contributed by atoms with Crippen molar-refractivity contribution < 1.29 is 20.1 Å². The van der Waals surface area contributed by atoms with Crippen LogP contribution >= 0.6 is 0 Å². The predicted molar refractivity (Wildman–Crippen MR) is 87.8 cm³/mol. The zero-order chi connectivity index (χ0) is 16.8. The van der Waals surface area contributed by atoms with Crippen molar-refractivity contribution >= 4 is 16.8 Å². The van der Waals surface area contributed by atoms with Crippen LogP contribution in [0.15, 0.2) is 30.3 Å². The van der Waals surface area contributed by atoms with E-state index in [9.17, 15) is 20.3 Å². The van der Waals surface area contributed by atoms with Crippen LogP contribution in [-0.2, 0) is 4.84 Å². The minimum Gasteiger partial charge on any atom is -0.507 e. The van der Waals surface area contributed by atoms with Crippen molar-refractivity contribution in [3.05, 3.63) is 51.6 Å². The molecule has 0 atom stereocenters. The number of allylic oxidation sites excluding steroid dienone is 1. The molecule has 0 heterocycles. The van der Waals surface area contributed by atoms with Gasteiger partial charge in [0, 0.05) is 21.9 Å². The van der Waals surface area contributed by atoms with E-state index in [2.05, 4.69) is 4.84 Å². The van der Waals surface area contributed by atoms with Gasteiger partial charge in [-0.25, -0.2) is 0 Å². The maximum atomic E-state index is 10.4. The van der Waals surface area contributed by atoms with Gasteiger partial charge in [-0.3, -0.25) is 0 Å². The predicted octanol–water partition coefficient (Wildman–Crippen LogP) is 3.95. The van der Waals surface area contributed by atoms with Crippen molar-refractivity contribution in [1.82, 2.24) is 0 Å². The van der Waals surface area contributed by atoms with E-state index >= 15 is 0 Å². The summed E-state index contributed by atoms with van der Waals surface area (Å²) >= 11 is 0. The van der Waals surface area contributed by atoms with E-state index in [1.54, 1.807) is 31.2 Å². The second kappa shape index (κ2) is 7.49. The average molecular weight is 317 g/mol. The molecule has 23 heavy (non-hydrogen) atoms. The molecule has 0 aliphatic rings. The molecular weight excluding hydrogens is 298 g/mol. The first-order valence-corrected chi connectivity index (χ1v) is 7.39. The molecule has 0 saturated carbocycles. The van der Waals surface area contributed by atoms with E-state index in [-0.39, 0.29) is 18.1 Å². The fraction of sp³-hybridized carbons (Fsp3) is 0.294. The topological polar surface area (TPSA) is 92.8 Å². The largest absolute Gasteiger partial charge is 0.507 e. The van der Waals surface area contributed by atoms with Gasteiger partial charge in [0.05, 0.1) is 6.61 Å². The van der Waals surface area contributed by atoms with Crippen LogP contribution < -0.4 is 0 Å². The van der Waals surface area contributed by atoms with Crippen LogP contribution in [0.3, 0.4) is 0 Å². The lowest BCUT2D eigenvalue weighted by molar-refractivity contribution is -0.757. The molecule has 0 saturated heterocycles. The Labute approximate surface area is 133 Å². The third-order valence-electron chi connectivity index (χ3n) is 3.70. The smallest absolute Gasteiger partial charge is 0.294 e. The van der Waals surface area contributed by atoms with Crippen LogP contribution in [0.5, 0.6) is 11.5 Å². The van der Waals surface area contributed by atoms with Crippen LogP contribution in [0, 0.1) is 17.0 Å². The molecule has 6 nitrogen and oxygen atoms in total. The first-order valence-electron chi connectivity index (χ1n) is 7.39. The number of unbranched alkanes of at least 4 members (excludes halogenated alkanes) is 2. The fourth-order valence-electron chi connectivity index (χ4n) is 2.46. The molecule has 2 N–H and O–H groups in total. The number of aromatic hydroxyl groups is 2. The van der Waals surface area contributed by atoms with Gasteiger partial charge in [0.15, 0.2) is 0 Å². The highest BCUT2D eigenvalue weighted by molar-refractivity contribution is 5.97. The van der Waals surface area contributed by atoms with Crippen molar-refractivity contribution in [2.45, 2.75) is 26.2 Å². The Bertz CT molecular complexity index is 739. The summed E-state index contributed by atoms with van der Waals surface area (Å²) < 4.78 is 0. The molecule has 0 aromatic heterocycles. The van der Waals surface area contributed by atoms with Crippen molar-refractivity contribution in [1.29, 1.82) is 0 Å². The van der Waals surface area contributed by atoms with E-state index in [0.29, 0.717) is 34.7 Å². The van der Waals surface area contributed by atoms with Gasteiger partial charge in [-0.15, -0.1) is 10.1 Å². The zero-order valence-corrected chi connectivity index (χ0v) is 12.9. The molecule has 122 valence electrons. The Morgan fingerprint density at radius 3 is 2.48 bits per heavy atom. The molecule has 6 heteroatoms. The summed E-state index contributed by atoms with van der Waals surface area (Å²) in [6.07, 6.45) is 5.67. The standard InChI is InChI=1S/C17H19NO5/c1-12-13(8-4-2-3-7-11-23-18(21)22)17(20)15-10-6-5-9-14(15)16(12)19/h4-6,8-10,19-20H,2-3,7,11H2,1H3/b8-4+. The summed E-state index contributed by atoms with van der Waals surface area (Å²) in [5, 5.41) is 31.1. The van der Waals surface area contributed by atoms with Crippen LogP contribution in [0.4, 0.5) is 0 Å². The molecule has 2 aromatic carbocycles. The highest BCUT2D eigenvalue weighted by Gasteiger charge is 2.13. The molecule has 0 unspecified atom stereocenters. The molecule has 0 amide bonds. The van der Waals surface area contributed by atoms with Gasteiger partial charge in [0.25, 0.3) is 5.09 Å². The van der Waals surface area contributed by atoms with Gasteiger partial charge in [-0.1, -0.05) is 36.4 Å². The molecule has 2 aromatic rings. The number of phenolic OH excluding ortho intramolecular Hbond substituents is 2. The summed E-state index contributed by atoms with van der Waals surface area (Å²) in [4.78, 5) is 14.2. The van der Waals surface area contributed by atoms with E-state index < -0.39 is 5.09 Å². The highest BCUT2D eigenvalue weighted by Crippen LogP contribution is 2.39. The summed E-state index contributed by atoms with van der Waals surface area (Å²) in [7, 11) is 0. The van der Waals surface area contributed by atoms with Crippen molar-refractivity contribution in [3.8, 4) is 11.5 Å². The summed E-state index contributed by atoms with van der Waals surface area (Å²) in [6.45, 7) is 1.84. The van der Waals surface area contributed by atoms with Gasteiger partial charge in [-0.05, 0) is 26.2 Å². The highest BCUT2D eigenvalue weighted by atomic mass is 16.9. The molecule has 0 bridgehead atoms. The Balaban J connectivity index is 2.08. The summed E-state index contributed by atoms with van der Waals surface area (Å²) in [5.74, 6) is 0.307. The molecular formula is C17H19NO5. The second-order valence-electron chi connectivity index (χ2n) is 5.24. The van der Waals surface area contributed by atoms with E-state index in [4.69, 9.17) is 0 Å². The fourth-order valence-corrected chi connectivity index (χ4v) is 2.46. The quantitative estimate of drug-likeness (QED) is 0.349. The third-order valence-corrected chi connectivity index (χ3v) is 3.70. The van der Waals surface area contributed by atoms with Crippen LogP contribution in [0.25, 0.3) is 16.8 Å². The van der Waals surface area contributed by atoms with Gasteiger partial charge in [0.1, 0.15) is 11.5 Å². The molecule has 0 aliphatic carbocycles. The molecule has 0 fully saturated rings. The monoisotopic (exact) mass is 317 g/mol. The lowest BCUT2D eigenvalue weighted by Crippen LogP contribution is -2.01. The first-order chi connectivity index (χ1) is 11.0. The molecule has 0 spiro atoms. The summed E-state index contributed by atoms with van der Waals surface area (Å²) in [6, 6.07) is 7.14. The van der Waals surface area contributed by atoms with E-state index in [0.717, 1.165) is 6.42 Å². The Kier molecular flexibility index (Phi) is 5.41. The Morgan fingerprint density at radius 1 is 1.17 bits per heavy atom. The lowest BCUT2D eigenvalue weighted by atomic mass is 9.98. The van der Waals surface area contributed by atoms with Gasteiger partial charge >= 0.3 is 0 Å². The lowest BCUT2D eigenvalue weighted by Gasteiger charge is -2.11. The van der Waals surface area contributed by atoms with E-state index in [1.165, 1.54) is 0 Å². The Morgan fingerprint density at radius 2 is 1.83 bits per heavy atom. The Hall–Kier alpha value is -2.76. The maximum absolute atomic E-state index is 10.4. The van der Waals surface area contributed by atoms with Gasteiger partial charge in [0.2, 0.25) is 0 Å².